The Morgan fingerprint density at radius 3 is 2.56 bits per heavy atom. The summed E-state index contributed by atoms with van der Waals surface area (Å²) in [5.41, 5.74) is 4.55. The van der Waals surface area contributed by atoms with Crippen LogP contribution in [0.15, 0.2) is 48.7 Å². The summed E-state index contributed by atoms with van der Waals surface area (Å²) in [7, 11) is 0. The van der Waals surface area contributed by atoms with E-state index in [9.17, 15) is 27.2 Å². The highest BCUT2D eigenvalue weighted by atomic mass is 19.4. The lowest BCUT2D eigenvalue weighted by Gasteiger charge is -2.20. The van der Waals surface area contributed by atoms with E-state index in [0.717, 1.165) is 4.90 Å². The molecule has 0 bridgehead atoms. The van der Waals surface area contributed by atoms with Gasteiger partial charge in [-0.1, -0.05) is 6.92 Å². The molecule has 2 heterocycles. The quantitative estimate of drug-likeness (QED) is 0.429. The number of alkyl halides is 3. The van der Waals surface area contributed by atoms with Crippen LogP contribution in [0.4, 0.5) is 39.7 Å². The van der Waals surface area contributed by atoms with Crippen LogP contribution in [-0.2, 0) is 17.4 Å². The number of aryl methyl sites for hydroxylation is 1. The van der Waals surface area contributed by atoms with Crippen LogP contribution in [0.5, 0.6) is 11.6 Å². The molecule has 3 amide bonds. The van der Waals surface area contributed by atoms with Gasteiger partial charge in [-0.15, -0.1) is 0 Å². The molecule has 0 spiro atoms. The summed E-state index contributed by atoms with van der Waals surface area (Å²) in [4.78, 5) is 34.8. The van der Waals surface area contributed by atoms with Crippen molar-refractivity contribution in [2.45, 2.75) is 19.5 Å². The number of amides is 3. The van der Waals surface area contributed by atoms with Gasteiger partial charge in [0, 0.05) is 12.3 Å². The minimum Gasteiger partial charge on any atom is -0.439 e. The molecule has 1 fully saturated rings. The number of anilines is 3. The summed E-state index contributed by atoms with van der Waals surface area (Å²) in [6, 6.07) is 6.69. The van der Waals surface area contributed by atoms with Gasteiger partial charge in [-0.05, 0) is 48.4 Å². The molecule has 12 heteroatoms. The average Bonchev–Trinajstić information content (AvgIpc) is 3.07. The molecule has 1 aliphatic heterocycles. The number of rotatable bonds is 5. The third-order valence-corrected chi connectivity index (χ3v) is 5.08. The molecule has 0 saturated carbocycles. The maximum absolute atomic E-state index is 14.3. The molecule has 1 saturated heterocycles. The van der Waals surface area contributed by atoms with E-state index in [1.807, 2.05) is 6.92 Å². The number of nitrogens with two attached hydrogens (primary N) is 1. The van der Waals surface area contributed by atoms with Crippen molar-refractivity contribution >= 4 is 29.3 Å². The predicted molar refractivity (Wildman–Crippen MR) is 114 cm³/mol. The molecule has 2 aromatic carbocycles. The second-order valence-corrected chi connectivity index (χ2v) is 7.26. The van der Waals surface area contributed by atoms with Gasteiger partial charge >= 0.3 is 12.2 Å². The lowest BCUT2D eigenvalue weighted by atomic mass is 10.1. The van der Waals surface area contributed by atoms with Gasteiger partial charge in [-0.2, -0.15) is 18.2 Å². The molecular weight excluding hydrogens is 458 g/mol. The Labute approximate surface area is 190 Å². The number of urea groups is 1. The maximum Gasteiger partial charge on any atom is 0.416 e. The zero-order chi connectivity index (χ0) is 24.6. The monoisotopic (exact) mass is 475 g/mol. The van der Waals surface area contributed by atoms with Gasteiger partial charge in [-0.25, -0.2) is 19.1 Å². The topological polar surface area (TPSA) is 102 Å². The SMILES string of the molecule is CCc1cc(N2C(=O)CN(c3cc(C(F)(F)F)ccc3F)C2=O)ccc1Oc1ccnc(N)n1. The first-order valence-corrected chi connectivity index (χ1v) is 9.99. The fourth-order valence-corrected chi connectivity index (χ4v) is 3.45. The van der Waals surface area contributed by atoms with Crippen LogP contribution in [0.2, 0.25) is 0 Å². The van der Waals surface area contributed by atoms with Crippen LogP contribution in [-0.4, -0.2) is 28.5 Å². The minimum atomic E-state index is -4.74. The number of aromatic nitrogens is 2. The second-order valence-electron chi connectivity index (χ2n) is 7.26. The maximum atomic E-state index is 14.3. The van der Waals surface area contributed by atoms with Gasteiger partial charge in [0.1, 0.15) is 18.1 Å². The smallest absolute Gasteiger partial charge is 0.416 e. The van der Waals surface area contributed by atoms with Crippen molar-refractivity contribution in [3.63, 3.8) is 0 Å². The van der Waals surface area contributed by atoms with Crippen LogP contribution < -0.4 is 20.3 Å². The van der Waals surface area contributed by atoms with Crippen LogP contribution in [0, 0.1) is 5.82 Å². The first-order chi connectivity index (χ1) is 16.1. The van der Waals surface area contributed by atoms with Crippen molar-refractivity contribution in [1.29, 1.82) is 0 Å². The molecule has 4 rings (SSSR count). The normalized spacial score (nSPS) is 14.1. The molecule has 0 aliphatic carbocycles. The summed E-state index contributed by atoms with van der Waals surface area (Å²) in [6.07, 6.45) is -2.87. The van der Waals surface area contributed by atoms with Crippen LogP contribution in [0.3, 0.4) is 0 Å². The minimum absolute atomic E-state index is 0.0161. The molecule has 34 heavy (non-hydrogen) atoms. The summed E-state index contributed by atoms with van der Waals surface area (Å²) in [5.74, 6) is -1.18. The number of hydrogen-bond acceptors (Lipinski definition) is 6. The molecule has 1 aliphatic rings. The third-order valence-electron chi connectivity index (χ3n) is 5.08. The standard InChI is InChI=1S/C22H17F4N5O3/c1-2-12-9-14(4-6-17(12)34-18-7-8-28-20(27)29-18)31-19(32)11-30(21(31)33)16-10-13(22(24,25)26)3-5-15(16)23/h3-10H,2,11H2,1H3,(H2,27,28,29). The van der Waals surface area contributed by atoms with Crippen LogP contribution >= 0.6 is 0 Å². The van der Waals surface area contributed by atoms with E-state index in [4.69, 9.17) is 10.5 Å². The summed E-state index contributed by atoms with van der Waals surface area (Å²) >= 11 is 0. The highest BCUT2D eigenvalue weighted by Gasteiger charge is 2.40. The number of nitrogen functional groups attached to an aromatic ring is 1. The Morgan fingerprint density at radius 2 is 1.88 bits per heavy atom. The molecule has 176 valence electrons. The lowest BCUT2D eigenvalue weighted by Crippen LogP contribution is -2.33. The van der Waals surface area contributed by atoms with Gasteiger partial charge in [0.2, 0.25) is 11.8 Å². The first kappa shape index (κ1) is 23.0. The first-order valence-electron chi connectivity index (χ1n) is 9.99. The van der Waals surface area contributed by atoms with Crippen molar-refractivity contribution in [2.24, 2.45) is 0 Å². The van der Waals surface area contributed by atoms with Crippen molar-refractivity contribution in [2.75, 3.05) is 22.1 Å². The predicted octanol–water partition coefficient (Wildman–Crippen LogP) is 4.54. The van der Waals surface area contributed by atoms with E-state index in [2.05, 4.69) is 9.97 Å². The molecule has 0 unspecified atom stereocenters. The highest BCUT2D eigenvalue weighted by Crippen LogP contribution is 2.36. The van der Waals surface area contributed by atoms with Gasteiger partial charge in [-0.3, -0.25) is 9.69 Å². The Balaban J connectivity index is 1.64. The molecule has 3 aromatic rings. The second kappa shape index (κ2) is 8.61. The number of nitrogens with zero attached hydrogens (tertiary/aromatic N) is 4. The number of halogens is 4. The van der Waals surface area contributed by atoms with Gasteiger partial charge in [0.25, 0.3) is 5.91 Å². The summed E-state index contributed by atoms with van der Waals surface area (Å²) in [5, 5.41) is 0. The fraction of sp³-hybridized carbons (Fsp3) is 0.182. The van der Waals surface area contributed by atoms with E-state index in [1.165, 1.54) is 30.5 Å². The van der Waals surface area contributed by atoms with Crippen molar-refractivity contribution in [1.82, 2.24) is 9.97 Å². The largest absolute Gasteiger partial charge is 0.439 e. The van der Waals surface area contributed by atoms with Crippen molar-refractivity contribution in [3.8, 4) is 11.6 Å². The zero-order valence-corrected chi connectivity index (χ0v) is 17.6. The number of ether oxygens (including phenoxy) is 1. The van der Waals surface area contributed by atoms with E-state index in [0.29, 0.717) is 40.8 Å². The Morgan fingerprint density at radius 1 is 1.12 bits per heavy atom. The summed E-state index contributed by atoms with van der Waals surface area (Å²) in [6.45, 7) is 1.20. The Hall–Kier alpha value is -4.22. The van der Waals surface area contributed by atoms with Gasteiger partial charge < -0.3 is 10.5 Å². The average molecular weight is 475 g/mol. The van der Waals surface area contributed by atoms with Crippen molar-refractivity contribution < 1.29 is 31.9 Å². The number of carbonyl (C=O) groups excluding carboxylic acids is 2. The summed E-state index contributed by atoms with van der Waals surface area (Å²) < 4.78 is 59.3. The molecule has 0 radical (unpaired) electrons. The molecule has 1 aromatic heterocycles. The fourth-order valence-electron chi connectivity index (χ4n) is 3.45. The third kappa shape index (κ3) is 4.34. The number of hydrogen-bond donors (Lipinski definition) is 1. The Kier molecular flexibility index (Phi) is 5.82. The highest BCUT2D eigenvalue weighted by molar-refractivity contribution is 6.27. The number of benzene rings is 2. The molecule has 8 nitrogen and oxygen atoms in total. The van der Waals surface area contributed by atoms with Gasteiger partial charge in [0.05, 0.1) is 16.9 Å². The van der Waals surface area contributed by atoms with E-state index < -0.39 is 41.7 Å². The lowest BCUT2D eigenvalue weighted by molar-refractivity contribution is -0.137. The van der Waals surface area contributed by atoms with E-state index in [1.54, 1.807) is 0 Å². The zero-order valence-electron chi connectivity index (χ0n) is 17.6. The molecule has 0 atom stereocenters. The van der Waals surface area contributed by atoms with E-state index in [-0.39, 0.29) is 17.5 Å². The van der Waals surface area contributed by atoms with Crippen LogP contribution in [0.1, 0.15) is 18.1 Å². The number of imide groups is 1. The Bertz CT molecular complexity index is 1280. The van der Waals surface area contributed by atoms with E-state index >= 15 is 0 Å². The number of carbonyl (C=O) groups is 2. The molecular formula is C22H17F4N5O3. The van der Waals surface area contributed by atoms with Crippen molar-refractivity contribution in [3.05, 3.63) is 65.6 Å². The van der Waals surface area contributed by atoms with Gasteiger partial charge in [0.15, 0.2) is 0 Å². The van der Waals surface area contributed by atoms with Crippen LogP contribution in [0.25, 0.3) is 0 Å². The molecule has 2 N–H and O–H groups in total.